The topological polar surface area (TPSA) is 130 Å². The Bertz CT molecular complexity index is 1700. The van der Waals surface area contributed by atoms with Crippen molar-refractivity contribution >= 4 is 67.2 Å². The van der Waals surface area contributed by atoms with Crippen molar-refractivity contribution in [2.45, 2.75) is 13.8 Å². The lowest BCUT2D eigenvalue weighted by Gasteiger charge is -2.28. The van der Waals surface area contributed by atoms with Crippen molar-refractivity contribution in [2.24, 2.45) is 0 Å². The maximum Gasteiger partial charge on any atom is 0.335 e. The van der Waals surface area contributed by atoms with E-state index in [-0.39, 0.29) is 39.1 Å². The van der Waals surface area contributed by atoms with E-state index >= 15 is 0 Å². The molecule has 184 valence electrons. The number of carbonyl (C=O) groups excluding carboxylic acids is 2. The van der Waals surface area contributed by atoms with E-state index in [1.165, 1.54) is 30.3 Å². The number of nitrogens with one attached hydrogen (secondary N) is 1. The van der Waals surface area contributed by atoms with Crippen molar-refractivity contribution in [1.29, 1.82) is 0 Å². The number of anilines is 3. The zero-order valence-corrected chi connectivity index (χ0v) is 21.1. The molecule has 0 unspecified atom stereocenters. The zero-order chi connectivity index (χ0) is 26.6. The molecular weight excluding hydrogens is 542 g/mol. The number of aromatic carboxylic acids is 1. The van der Waals surface area contributed by atoms with Crippen molar-refractivity contribution in [2.75, 3.05) is 10.2 Å². The number of nitro benzene ring substituents is 1. The van der Waals surface area contributed by atoms with Crippen LogP contribution in [0.15, 0.2) is 65.1 Å². The molecule has 1 aliphatic rings. The molecule has 0 spiro atoms. The fourth-order valence-corrected chi connectivity index (χ4v) is 5.01. The quantitative estimate of drug-likeness (QED) is 0.165. The second-order valence-electron chi connectivity index (χ2n) is 8.65. The highest BCUT2D eigenvalue weighted by Gasteiger charge is 2.37. The number of hydrogen-bond acceptors (Lipinski definition) is 6. The number of carbonyl (C=O) groups is 3. The van der Waals surface area contributed by atoms with Gasteiger partial charge in [0.1, 0.15) is 5.69 Å². The van der Waals surface area contributed by atoms with Crippen LogP contribution in [0.3, 0.4) is 0 Å². The Hall–Kier alpha value is -4.57. The lowest BCUT2D eigenvalue weighted by molar-refractivity contribution is -0.383. The second kappa shape index (κ2) is 8.82. The summed E-state index contributed by atoms with van der Waals surface area (Å²) in [6.45, 7) is 3.87. The van der Waals surface area contributed by atoms with E-state index in [9.17, 15) is 29.6 Å². The third-order valence-electron chi connectivity index (χ3n) is 6.40. The van der Waals surface area contributed by atoms with Gasteiger partial charge >= 0.3 is 5.97 Å². The van der Waals surface area contributed by atoms with Gasteiger partial charge in [-0.25, -0.2) is 9.69 Å². The first-order valence-electron chi connectivity index (χ1n) is 11.1. The molecule has 4 aromatic rings. The van der Waals surface area contributed by atoms with Gasteiger partial charge in [0.2, 0.25) is 0 Å². The predicted molar refractivity (Wildman–Crippen MR) is 142 cm³/mol. The van der Waals surface area contributed by atoms with Crippen LogP contribution >= 0.6 is 15.9 Å². The Labute approximate surface area is 218 Å². The van der Waals surface area contributed by atoms with Gasteiger partial charge < -0.3 is 10.4 Å². The molecule has 0 fully saturated rings. The first-order valence-corrected chi connectivity index (χ1v) is 11.9. The van der Waals surface area contributed by atoms with Crippen molar-refractivity contribution in [3.63, 3.8) is 0 Å². The predicted octanol–water partition coefficient (Wildman–Crippen LogP) is 6.37. The minimum atomic E-state index is -1.22. The maximum atomic E-state index is 13.6. The number of carboxylic acid groups (broad SMARTS) is 1. The SMILES string of the molecule is Cc1cc(Br)c(Nc2c([N+](=O)[O-])cc3c4c(cccc24)C(=O)N(c2cccc(C(=O)O)c2)C3=O)cc1C. The summed E-state index contributed by atoms with van der Waals surface area (Å²) < 4.78 is 0.696. The molecular formula is C27H18BrN3O6. The summed E-state index contributed by atoms with van der Waals surface area (Å²) in [5, 5.41) is 25.3. The molecule has 5 rings (SSSR count). The van der Waals surface area contributed by atoms with Gasteiger partial charge in [0.05, 0.1) is 27.4 Å². The van der Waals surface area contributed by atoms with E-state index < -0.39 is 22.7 Å². The normalized spacial score (nSPS) is 12.7. The molecule has 10 heteroatoms. The van der Waals surface area contributed by atoms with Crippen molar-refractivity contribution in [1.82, 2.24) is 0 Å². The number of imide groups is 1. The summed E-state index contributed by atoms with van der Waals surface area (Å²) in [7, 11) is 0. The van der Waals surface area contributed by atoms with Gasteiger partial charge in [-0.3, -0.25) is 19.7 Å². The van der Waals surface area contributed by atoms with Gasteiger partial charge in [-0.2, -0.15) is 0 Å². The number of rotatable bonds is 5. The molecule has 0 aromatic heterocycles. The summed E-state index contributed by atoms with van der Waals surface area (Å²) in [6, 6.07) is 15.1. The fraction of sp³-hybridized carbons (Fsp3) is 0.0741. The average Bonchev–Trinajstić information content (AvgIpc) is 2.86. The first-order chi connectivity index (χ1) is 17.6. The van der Waals surface area contributed by atoms with Crippen LogP contribution in [0.1, 0.15) is 42.2 Å². The van der Waals surface area contributed by atoms with E-state index in [0.717, 1.165) is 22.1 Å². The Balaban J connectivity index is 1.74. The molecule has 0 aliphatic carbocycles. The van der Waals surface area contributed by atoms with E-state index in [1.807, 2.05) is 26.0 Å². The highest BCUT2D eigenvalue weighted by atomic mass is 79.9. The lowest BCUT2D eigenvalue weighted by atomic mass is 9.91. The van der Waals surface area contributed by atoms with E-state index in [1.54, 1.807) is 12.1 Å². The Morgan fingerprint density at radius 2 is 1.65 bits per heavy atom. The van der Waals surface area contributed by atoms with Crippen LogP contribution < -0.4 is 10.2 Å². The Morgan fingerprint density at radius 1 is 0.973 bits per heavy atom. The van der Waals surface area contributed by atoms with Gasteiger partial charge in [-0.1, -0.05) is 18.2 Å². The largest absolute Gasteiger partial charge is 0.478 e. The van der Waals surface area contributed by atoms with Gasteiger partial charge in [0, 0.05) is 26.9 Å². The van der Waals surface area contributed by atoms with Gasteiger partial charge in [-0.15, -0.1) is 0 Å². The summed E-state index contributed by atoms with van der Waals surface area (Å²) in [5.74, 6) is -2.65. The van der Waals surface area contributed by atoms with E-state index in [2.05, 4.69) is 21.2 Å². The molecule has 0 saturated heterocycles. The zero-order valence-electron chi connectivity index (χ0n) is 19.5. The molecule has 9 nitrogen and oxygen atoms in total. The molecule has 2 amide bonds. The van der Waals surface area contributed by atoms with E-state index in [0.29, 0.717) is 15.5 Å². The number of aryl methyl sites for hydroxylation is 2. The highest BCUT2D eigenvalue weighted by Crippen LogP contribution is 2.43. The van der Waals surface area contributed by atoms with Crippen LogP contribution in [0.4, 0.5) is 22.7 Å². The van der Waals surface area contributed by atoms with Crippen LogP contribution in [0, 0.1) is 24.0 Å². The van der Waals surface area contributed by atoms with E-state index in [4.69, 9.17) is 0 Å². The minimum Gasteiger partial charge on any atom is -0.478 e. The number of carboxylic acids is 1. The van der Waals surface area contributed by atoms with Gasteiger partial charge in [-0.05, 0) is 77.3 Å². The molecule has 37 heavy (non-hydrogen) atoms. The number of nitro groups is 1. The maximum absolute atomic E-state index is 13.6. The monoisotopic (exact) mass is 559 g/mol. The summed E-state index contributed by atoms with van der Waals surface area (Å²) in [6.07, 6.45) is 0. The number of amides is 2. The van der Waals surface area contributed by atoms with Crippen LogP contribution in [0.25, 0.3) is 10.8 Å². The summed E-state index contributed by atoms with van der Waals surface area (Å²) in [5.41, 5.74) is 2.50. The first kappa shape index (κ1) is 24.1. The van der Waals surface area contributed by atoms with Crippen LogP contribution in [0.2, 0.25) is 0 Å². The van der Waals surface area contributed by atoms with Gasteiger partial charge in [0.15, 0.2) is 0 Å². The number of halogens is 1. The number of nitrogens with zero attached hydrogens (tertiary/aromatic N) is 2. The van der Waals surface area contributed by atoms with Gasteiger partial charge in [0.25, 0.3) is 17.5 Å². The van der Waals surface area contributed by atoms with Crippen molar-refractivity contribution in [3.8, 4) is 0 Å². The third kappa shape index (κ3) is 3.91. The molecule has 1 heterocycles. The van der Waals surface area contributed by atoms with Crippen LogP contribution in [-0.4, -0.2) is 27.8 Å². The summed E-state index contributed by atoms with van der Waals surface area (Å²) in [4.78, 5) is 51.0. The molecule has 2 N–H and O–H groups in total. The highest BCUT2D eigenvalue weighted by molar-refractivity contribution is 9.10. The average molecular weight is 560 g/mol. The molecule has 4 aromatic carbocycles. The fourth-order valence-electron chi connectivity index (χ4n) is 4.45. The molecule has 0 atom stereocenters. The minimum absolute atomic E-state index is 0.0256. The Kier molecular flexibility index (Phi) is 5.76. The second-order valence-corrected chi connectivity index (χ2v) is 9.50. The molecule has 0 radical (unpaired) electrons. The van der Waals surface area contributed by atoms with Crippen molar-refractivity contribution < 1.29 is 24.4 Å². The molecule has 0 saturated carbocycles. The Morgan fingerprint density at radius 3 is 2.35 bits per heavy atom. The lowest BCUT2D eigenvalue weighted by Crippen LogP contribution is -2.40. The number of benzene rings is 4. The van der Waals surface area contributed by atoms with Crippen molar-refractivity contribution in [3.05, 3.63) is 103 Å². The number of hydrogen-bond donors (Lipinski definition) is 2. The smallest absolute Gasteiger partial charge is 0.335 e. The van der Waals surface area contributed by atoms with Crippen LogP contribution in [0.5, 0.6) is 0 Å². The summed E-state index contributed by atoms with van der Waals surface area (Å²) >= 11 is 3.50. The molecule has 1 aliphatic heterocycles. The molecule has 0 bridgehead atoms. The van der Waals surface area contributed by atoms with Crippen LogP contribution in [-0.2, 0) is 0 Å². The third-order valence-corrected chi connectivity index (χ3v) is 7.05. The standard InChI is InChI=1S/C27H18BrN3O6/c1-13-9-20(28)21(10-14(13)2)29-24-17-7-4-8-18-23(17)19(12-22(24)31(36)37)26(33)30(25(18)32)16-6-3-5-15(11-16)27(34)35/h3-12,29H,1-2H3,(H,34,35).